The molecule has 0 radical (unpaired) electrons. The standard InChI is InChI=1S/C14H21FN2OS/c1-10(2)14(18)13(17-16-3)9-19-8-11-6-4-5-7-12(11)15/h4-7,10,13,16-17H,8-9H2,1-3H3. The predicted octanol–water partition coefficient (Wildman–Crippen LogP) is 2.38. The smallest absolute Gasteiger partial charge is 0.154 e. The summed E-state index contributed by atoms with van der Waals surface area (Å²) < 4.78 is 13.4. The van der Waals surface area contributed by atoms with E-state index in [2.05, 4.69) is 10.9 Å². The summed E-state index contributed by atoms with van der Waals surface area (Å²) >= 11 is 1.55. The number of thioether (sulfide) groups is 1. The third-order valence-corrected chi connectivity index (χ3v) is 3.82. The monoisotopic (exact) mass is 284 g/mol. The molecule has 2 N–H and O–H groups in total. The van der Waals surface area contributed by atoms with Gasteiger partial charge >= 0.3 is 0 Å². The van der Waals surface area contributed by atoms with Crippen molar-refractivity contribution in [3.8, 4) is 0 Å². The minimum Gasteiger partial charge on any atom is -0.298 e. The van der Waals surface area contributed by atoms with Crippen molar-refractivity contribution >= 4 is 17.5 Å². The fraction of sp³-hybridized carbons (Fsp3) is 0.500. The van der Waals surface area contributed by atoms with Crippen LogP contribution in [0.15, 0.2) is 24.3 Å². The Morgan fingerprint density at radius 3 is 2.63 bits per heavy atom. The van der Waals surface area contributed by atoms with Crippen molar-refractivity contribution in [1.29, 1.82) is 0 Å². The number of ketones is 1. The van der Waals surface area contributed by atoms with Gasteiger partial charge in [0, 0.05) is 17.4 Å². The molecule has 19 heavy (non-hydrogen) atoms. The molecule has 5 heteroatoms. The lowest BCUT2D eigenvalue weighted by Crippen LogP contribution is -2.46. The zero-order valence-electron chi connectivity index (χ0n) is 11.6. The normalized spacial score (nSPS) is 12.7. The van der Waals surface area contributed by atoms with Crippen molar-refractivity contribution in [3.63, 3.8) is 0 Å². The predicted molar refractivity (Wildman–Crippen MR) is 78.4 cm³/mol. The van der Waals surface area contributed by atoms with E-state index in [0.29, 0.717) is 17.1 Å². The van der Waals surface area contributed by atoms with Crippen LogP contribution in [0.1, 0.15) is 19.4 Å². The molecule has 0 saturated carbocycles. The zero-order chi connectivity index (χ0) is 14.3. The summed E-state index contributed by atoms with van der Waals surface area (Å²) in [6.07, 6.45) is 0. The van der Waals surface area contributed by atoms with Gasteiger partial charge in [-0.2, -0.15) is 11.8 Å². The number of hydrogen-bond donors (Lipinski definition) is 2. The van der Waals surface area contributed by atoms with Crippen LogP contribution in [0, 0.1) is 11.7 Å². The number of hydrazine groups is 1. The maximum Gasteiger partial charge on any atom is 0.154 e. The molecular formula is C14H21FN2OS. The molecule has 0 heterocycles. The molecule has 0 aliphatic carbocycles. The Kier molecular flexibility index (Phi) is 7.05. The summed E-state index contributed by atoms with van der Waals surface area (Å²) in [6, 6.07) is 6.48. The highest BCUT2D eigenvalue weighted by Crippen LogP contribution is 2.17. The van der Waals surface area contributed by atoms with Gasteiger partial charge in [-0.15, -0.1) is 0 Å². The Hall–Kier alpha value is -0.910. The molecule has 0 aliphatic rings. The molecule has 0 bridgehead atoms. The van der Waals surface area contributed by atoms with Gasteiger partial charge in [-0.3, -0.25) is 10.2 Å². The molecule has 0 spiro atoms. The van der Waals surface area contributed by atoms with Gasteiger partial charge in [0.15, 0.2) is 5.78 Å². The highest BCUT2D eigenvalue weighted by atomic mass is 32.2. The van der Waals surface area contributed by atoms with Crippen LogP contribution >= 0.6 is 11.8 Å². The van der Waals surface area contributed by atoms with Crippen molar-refractivity contribution in [2.45, 2.75) is 25.6 Å². The van der Waals surface area contributed by atoms with Gasteiger partial charge in [-0.1, -0.05) is 32.0 Å². The van der Waals surface area contributed by atoms with Crippen LogP contribution in [0.5, 0.6) is 0 Å². The van der Waals surface area contributed by atoms with Gasteiger partial charge in [-0.25, -0.2) is 9.82 Å². The van der Waals surface area contributed by atoms with Crippen LogP contribution in [0.3, 0.4) is 0 Å². The van der Waals surface area contributed by atoms with E-state index in [-0.39, 0.29) is 23.6 Å². The summed E-state index contributed by atoms with van der Waals surface area (Å²) in [5.41, 5.74) is 6.43. The molecule has 3 nitrogen and oxygen atoms in total. The minimum absolute atomic E-state index is 0.0140. The number of carbonyl (C=O) groups is 1. The van der Waals surface area contributed by atoms with E-state index in [1.165, 1.54) is 6.07 Å². The molecule has 0 aliphatic heterocycles. The minimum atomic E-state index is -0.248. The Morgan fingerprint density at radius 2 is 2.05 bits per heavy atom. The third kappa shape index (κ3) is 5.30. The van der Waals surface area contributed by atoms with Gasteiger partial charge in [0.2, 0.25) is 0 Å². The largest absolute Gasteiger partial charge is 0.298 e. The topological polar surface area (TPSA) is 41.1 Å². The number of nitrogens with one attached hydrogen (secondary N) is 2. The Bertz CT molecular complexity index is 412. The Balaban J connectivity index is 2.49. The average Bonchev–Trinajstić information content (AvgIpc) is 2.39. The summed E-state index contributed by atoms with van der Waals surface area (Å²) in [5.74, 6) is 1.14. The molecule has 1 aromatic carbocycles. The van der Waals surface area contributed by atoms with Gasteiger partial charge in [0.05, 0.1) is 6.04 Å². The van der Waals surface area contributed by atoms with Gasteiger partial charge in [0.25, 0.3) is 0 Å². The number of benzene rings is 1. The molecule has 1 unspecified atom stereocenters. The second-order valence-electron chi connectivity index (χ2n) is 4.61. The third-order valence-electron chi connectivity index (χ3n) is 2.73. The molecule has 0 saturated heterocycles. The van der Waals surface area contributed by atoms with Crippen molar-refractivity contribution in [1.82, 2.24) is 10.9 Å². The van der Waals surface area contributed by atoms with E-state index < -0.39 is 0 Å². The van der Waals surface area contributed by atoms with Gasteiger partial charge in [-0.05, 0) is 18.7 Å². The van der Waals surface area contributed by atoms with Crippen LogP contribution in [0.2, 0.25) is 0 Å². The van der Waals surface area contributed by atoms with Crippen LogP contribution in [0.25, 0.3) is 0 Å². The van der Waals surface area contributed by atoms with Crippen LogP contribution in [-0.4, -0.2) is 24.6 Å². The number of rotatable bonds is 8. The lowest BCUT2D eigenvalue weighted by Gasteiger charge is -2.18. The first kappa shape index (κ1) is 16.1. The van der Waals surface area contributed by atoms with Gasteiger partial charge < -0.3 is 0 Å². The van der Waals surface area contributed by atoms with Crippen LogP contribution in [-0.2, 0) is 10.5 Å². The van der Waals surface area contributed by atoms with E-state index in [1.54, 1.807) is 30.9 Å². The van der Waals surface area contributed by atoms with E-state index in [9.17, 15) is 9.18 Å². The van der Waals surface area contributed by atoms with Crippen molar-refractivity contribution in [2.75, 3.05) is 12.8 Å². The Labute approximate surface area is 118 Å². The van der Waals surface area contributed by atoms with E-state index in [0.717, 1.165) is 0 Å². The Morgan fingerprint density at radius 1 is 1.37 bits per heavy atom. The van der Waals surface area contributed by atoms with Crippen molar-refractivity contribution in [2.24, 2.45) is 5.92 Å². The van der Waals surface area contributed by atoms with E-state index >= 15 is 0 Å². The number of halogens is 1. The second kappa shape index (κ2) is 8.30. The zero-order valence-corrected chi connectivity index (χ0v) is 12.4. The molecule has 1 aromatic rings. The number of carbonyl (C=O) groups excluding carboxylic acids is 1. The maximum absolute atomic E-state index is 13.4. The first-order chi connectivity index (χ1) is 9.06. The van der Waals surface area contributed by atoms with Crippen LogP contribution < -0.4 is 10.9 Å². The second-order valence-corrected chi connectivity index (χ2v) is 5.64. The summed E-state index contributed by atoms with van der Waals surface area (Å²) in [5, 5.41) is 0. The SMILES string of the molecule is CNNC(CSCc1ccccc1F)C(=O)C(C)C. The maximum atomic E-state index is 13.4. The molecule has 0 amide bonds. The molecule has 106 valence electrons. The summed E-state index contributed by atoms with van der Waals surface area (Å²) in [7, 11) is 1.74. The molecular weight excluding hydrogens is 263 g/mol. The fourth-order valence-corrected chi connectivity index (χ4v) is 2.73. The molecule has 0 fully saturated rings. The first-order valence-corrected chi connectivity index (χ1v) is 7.49. The van der Waals surface area contributed by atoms with E-state index in [1.807, 2.05) is 19.9 Å². The van der Waals surface area contributed by atoms with E-state index in [4.69, 9.17) is 0 Å². The van der Waals surface area contributed by atoms with Crippen molar-refractivity contribution < 1.29 is 9.18 Å². The van der Waals surface area contributed by atoms with Crippen molar-refractivity contribution in [3.05, 3.63) is 35.6 Å². The highest BCUT2D eigenvalue weighted by Gasteiger charge is 2.20. The lowest BCUT2D eigenvalue weighted by molar-refractivity contribution is -0.123. The first-order valence-electron chi connectivity index (χ1n) is 6.33. The fourth-order valence-electron chi connectivity index (χ4n) is 1.67. The quantitative estimate of drug-likeness (QED) is 0.719. The van der Waals surface area contributed by atoms with Gasteiger partial charge in [0.1, 0.15) is 5.82 Å². The molecule has 1 atom stereocenters. The summed E-state index contributed by atoms with van der Waals surface area (Å²) in [4.78, 5) is 12.0. The molecule has 0 aromatic heterocycles. The molecule has 1 rings (SSSR count). The number of Topliss-reactive ketones (excluding diaryl/α,β-unsaturated/α-hetero) is 1. The lowest BCUT2D eigenvalue weighted by atomic mass is 10.0. The highest BCUT2D eigenvalue weighted by molar-refractivity contribution is 7.98. The average molecular weight is 284 g/mol. The summed E-state index contributed by atoms with van der Waals surface area (Å²) in [6.45, 7) is 3.77. The van der Waals surface area contributed by atoms with Crippen LogP contribution in [0.4, 0.5) is 4.39 Å². The number of hydrogen-bond acceptors (Lipinski definition) is 4.